The summed E-state index contributed by atoms with van der Waals surface area (Å²) in [4.78, 5) is 14.5. The van der Waals surface area contributed by atoms with E-state index in [-0.39, 0.29) is 0 Å². The summed E-state index contributed by atoms with van der Waals surface area (Å²) >= 11 is 5.55. The number of thiocarbonyl (C=S) groups is 1. The molecule has 4 rings (SSSR count). The van der Waals surface area contributed by atoms with E-state index in [0.717, 1.165) is 31.3 Å². The fraction of sp³-hybridized carbons (Fsp3) is 0.542. The molecule has 6 nitrogen and oxygen atoms in total. The van der Waals surface area contributed by atoms with Crippen LogP contribution < -0.4 is 20.4 Å². The monoisotopic (exact) mass is 438 g/mol. The molecule has 0 amide bonds. The lowest BCUT2D eigenvalue weighted by Crippen LogP contribution is -2.39. The van der Waals surface area contributed by atoms with Gasteiger partial charge in [-0.25, -0.2) is 0 Å². The van der Waals surface area contributed by atoms with E-state index in [9.17, 15) is 0 Å². The summed E-state index contributed by atoms with van der Waals surface area (Å²) in [5.74, 6) is 2.59. The van der Waals surface area contributed by atoms with Gasteiger partial charge in [-0.05, 0) is 70.2 Å². The smallest absolute Gasteiger partial charge is 0.232 e. The summed E-state index contributed by atoms with van der Waals surface area (Å²) in [6.45, 7) is 8.23. The van der Waals surface area contributed by atoms with Gasteiger partial charge in [0.15, 0.2) is 5.11 Å². The number of piperidine rings is 2. The molecule has 1 aromatic heterocycles. The van der Waals surface area contributed by atoms with Crippen molar-refractivity contribution in [2.75, 3.05) is 34.8 Å². The number of hydrogen-bond donors (Lipinski definition) is 2. The molecule has 0 radical (unpaired) electrons. The van der Waals surface area contributed by atoms with Crippen molar-refractivity contribution in [3.05, 3.63) is 41.5 Å². The van der Waals surface area contributed by atoms with E-state index in [2.05, 4.69) is 64.6 Å². The highest BCUT2D eigenvalue weighted by Gasteiger charge is 2.23. The van der Waals surface area contributed by atoms with Crippen LogP contribution in [0.5, 0.6) is 0 Å². The van der Waals surface area contributed by atoms with Crippen LogP contribution in [-0.2, 0) is 6.54 Å². The maximum Gasteiger partial charge on any atom is 0.232 e. The number of aromatic nitrogens is 2. The number of rotatable bonds is 5. The fourth-order valence-electron chi connectivity index (χ4n) is 4.38. The SMILES string of the molecule is Cc1ccc(CNC(=S)Nc2nc(N3CCCCC3)cc(N3CCCC[C@H]3C)n2)cc1. The molecule has 2 N–H and O–H groups in total. The molecular weight excluding hydrogens is 404 g/mol. The van der Waals surface area contributed by atoms with Crippen molar-refractivity contribution >= 4 is 34.9 Å². The number of nitrogens with zero attached hydrogens (tertiary/aromatic N) is 4. The molecule has 2 aliphatic heterocycles. The molecule has 2 fully saturated rings. The van der Waals surface area contributed by atoms with Crippen LogP contribution in [0.3, 0.4) is 0 Å². The largest absolute Gasteiger partial charge is 0.358 e. The zero-order chi connectivity index (χ0) is 21.6. The second-order valence-electron chi connectivity index (χ2n) is 8.79. The van der Waals surface area contributed by atoms with Gasteiger partial charge in [0.1, 0.15) is 11.6 Å². The molecule has 0 spiro atoms. The summed E-state index contributed by atoms with van der Waals surface area (Å²) in [7, 11) is 0. The van der Waals surface area contributed by atoms with Crippen LogP contribution in [0.1, 0.15) is 56.6 Å². The molecule has 0 unspecified atom stereocenters. The standard InChI is InChI=1S/C24H34N6S/c1-18-9-11-20(12-10-18)17-25-24(31)28-23-26-21(29-13-5-3-6-14-29)16-22(27-23)30-15-7-4-8-19(30)2/h9-12,16,19H,3-8,13-15,17H2,1-2H3,(H2,25,26,27,28,31)/t19-/m1/s1. The summed E-state index contributed by atoms with van der Waals surface area (Å²) in [6, 6.07) is 11.1. The van der Waals surface area contributed by atoms with Gasteiger partial charge in [0.25, 0.3) is 0 Å². The Bertz CT molecular complexity index is 878. The third kappa shape index (κ3) is 5.85. The van der Waals surface area contributed by atoms with Crippen molar-refractivity contribution in [2.24, 2.45) is 0 Å². The van der Waals surface area contributed by atoms with E-state index in [1.165, 1.54) is 49.7 Å². The van der Waals surface area contributed by atoms with Crippen molar-refractivity contribution < 1.29 is 0 Å². The number of aryl methyl sites for hydroxylation is 1. The van der Waals surface area contributed by atoms with E-state index in [0.29, 0.717) is 23.6 Å². The first-order chi connectivity index (χ1) is 15.1. The average Bonchev–Trinajstić information content (AvgIpc) is 2.79. The Hall–Kier alpha value is -2.41. The average molecular weight is 439 g/mol. The topological polar surface area (TPSA) is 56.3 Å². The summed E-state index contributed by atoms with van der Waals surface area (Å²) in [5.41, 5.74) is 2.45. The van der Waals surface area contributed by atoms with Crippen molar-refractivity contribution in [3.8, 4) is 0 Å². The Kier molecular flexibility index (Phi) is 7.22. The quantitative estimate of drug-likeness (QED) is 0.660. The second-order valence-corrected chi connectivity index (χ2v) is 9.20. The number of nitrogens with one attached hydrogen (secondary N) is 2. The van der Waals surface area contributed by atoms with Crippen molar-refractivity contribution in [1.82, 2.24) is 15.3 Å². The summed E-state index contributed by atoms with van der Waals surface area (Å²) in [6.07, 6.45) is 7.46. The van der Waals surface area contributed by atoms with E-state index in [1.54, 1.807) is 0 Å². The molecule has 2 saturated heterocycles. The summed E-state index contributed by atoms with van der Waals surface area (Å²) in [5, 5.41) is 7.08. The van der Waals surface area contributed by atoms with Gasteiger partial charge in [-0.3, -0.25) is 0 Å². The van der Waals surface area contributed by atoms with E-state index >= 15 is 0 Å². The second kappa shape index (κ2) is 10.3. The Labute approximate surface area is 191 Å². The van der Waals surface area contributed by atoms with E-state index in [4.69, 9.17) is 22.2 Å². The molecule has 31 heavy (non-hydrogen) atoms. The van der Waals surface area contributed by atoms with Crippen LogP contribution in [-0.4, -0.2) is 40.8 Å². The predicted octanol–water partition coefficient (Wildman–Crippen LogP) is 4.64. The minimum atomic E-state index is 0.498. The van der Waals surface area contributed by atoms with Gasteiger partial charge in [0.2, 0.25) is 5.95 Å². The maximum atomic E-state index is 5.55. The van der Waals surface area contributed by atoms with Gasteiger partial charge in [-0.15, -0.1) is 0 Å². The Morgan fingerprint density at radius 2 is 1.71 bits per heavy atom. The lowest BCUT2D eigenvalue weighted by Gasteiger charge is -2.35. The highest BCUT2D eigenvalue weighted by molar-refractivity contribution is 7.80. The third-order valence-electron chi connectivity index (χ3n) is 6.28. The summed E-state index contributed by atoms with van der Waals surface area (Å²) < 4.78 is 0. The molecular formula is C24H34N6S. The number of benzene rings is 1. The van der Waals surface area contributed by atoms with Crippen LogP contribution in [0.4, 0.5) is 17.6 Å². The van der Waals surface area contributed by atoms with Crippen molar-refractivity contribution in [3.63, 3.8) is 0 Å². The van der Waals surface area contributed by atoms with Gasteiger partial charge in [0.05, 0.1) is 0 Å². The third-order valence-corrected chi connectivity index (χ3v) is 6.52. The first kappa shape index (κ1) is 21.8. The van der Waals surface area contributed by atoms with Gasteiger partial charge >= 0.3 is 0 Å². The first-order valence-electron chi connectivity index (χ1n) is 11.6. The van der Waals surface area contributed by atoms with E-state index in [1.807, 2.05) is 0 Å². The van der Waals surface area contributed by atoms with Crippen molar-refractivity contribution in [2.45, 2.75) is 65.0 Å². The molecule has 0 aliphatic carbocycles. The molecule has 3 heterocycles. The van der Waals surface area contributed by atoms with Crippen LogP contribution >= 0.6 is 12.2 Å². The molecule has 2 aromatic rings. The predicted molar refractivity (Wildman–Crippen MR) is 133 cm³/mol. The van der Waals surface area contributed by atoms with Gasteiger partial charge < -0.3 is 20.4 Å². The van der Waals surface area contributed by atoms with Crippen LogP contribution in [0, 0.1) is 6.92 Å². The lowest BCUT2D eigenvalue weighted by atomic mass is 10.0. The highest BCUT2D eigenvalue weighted by Crippen LogP contribution is 2.28. The highest BCUT2D eigenvalue weighted by atomic mass is 32.1. The molecule has 1 aromatic carbocycles. The van der Waals surface area contributed by atoms with Crippen LogP contribution in [0.2, 0.25) is 0 Å². The molecule has 0 saturated carbocycles. The normalized spacial score (nSPS) is 19.2. The van der Waals surface area contributed by atoms with Crippen LogP contribution in [0.15, 0.2) is 30.3 Å². The first-order valence-corrected chi connectivity index (χ1v) is 12.0. The lowest BCUT2D eigenvalue weighted by molar-refractivity contribution is 0.481. The van der Waals surface area contributed by atoms with Gasteiger partial charge in [-0.1, -0.05) is 29.8 Å². The molecule has 1 atom stereocenters. The minimum Gasteiger partial charge on any atom is -0.358 e. The Balaban J connectivity index is 1.49. The zero-order valence-corrected chi connectivity index (χ0v) is 19.5. The molecule has 2 aliphatic rings. The fourth-order valence-corrected chi connectivity index (χ4v) is 4.55. The van der Waals surface area contributed by atoms with Gasteiger partial charge in [-0.2, -0.15) is 9.97 Å². The van der Waals surface area contributed by atoms with Crippen LogP contribution in [0.25, 0.3) is 0 Å². The maximum absolute atomic E-state index is 5.55. The Morgan fingerprint density at radius 1 is 1.00 bits per heavy atom. The number of anilines is 3. The number of hydrogen-bond acceptors (Lipinski definition) is 5. The Morgan fingerprint density at radius 3 is 2.45 bits per heavy atom. The molecule has 0 bridgehead atoms. The molecule has 7 heteroatoms. The van der Waals surface area contributed by atoms with Crippen molar-refractivity contribution in [1.29, 1.82) is 0 Å². The zero-order valence-electron chi connectivity index (χ0n) is 18.7. The van der Waals surface area contributed by atoms with Gasteiger partial charge in [0, 0.05) is 38.3 Å². The minimum absolute atomic E-state index is 0.498. The molecule has 166 valence electrons. The van der Waals surface area contributed by atoms with E-state index < -0.39 is 0 Å².